The van der Waals surface area contributed by atoms with Gasteiger partial charge in [0.25, 0.3) is 0 Å². The Morgan fingerprint density at radius 3 is 2.11 bits per heavy atom. The molecule has 0 bridgehead atoms. The van der Waals surface area contributed by atoms with Gasteiger partial charge < -0.3 is 14.6 Å². The third kappa shape index (κ3) is 4.18. The predicted octanol–water partition coefficient (Wildman–Crippen LogP) is 4.83. The number of hydrogen-bond acceptors (Lipinski definition) is 4. The second kappa shape index (κ2) is 8.23. The van der Waals surface area contributed by atoms with Crippen molar-refractivity contribution in [2.45, 2.75) is 0 Å². The van der Waals surface area contributed by atoms with Crippen LogP contribution >= 0.6 is 0 Å². The zero-order valence-electron chi connectivity index (χ0n) is 15.2. The van der Waals surface area contributed by atoms with E-state index in [4.69, 9.17) is 9.47 Å². The number of ether oxygens (including phenoxy) is 2. The average Bonchev–Trinajstić information content (AvgIpc) is 2.72. The Labute approximate surface area is 158 Å². The number of Topliss-reactive ketones (excluding diaryl/α,β-unsaturated/α-hetero) is 1. The highest BCUT2D eigenvalue weighted by molar-refractivity contribution is 6.32. The number of phenols is 1. The summed E-state index contributed by atoms with van der Waals surface area (Å²) in [4.78, 5) is 13.1. The molecule has 3 aromatic rings. The molecular formula is C23H20O4. The van der Waals surface area contributed by atoms with Gasteiger partial charge in [0, 0.05) is 11.1 Å². The van der Waals surface area contributed by atoms with Gasteiger partial charge in [-0.2, -0.15) is 0 Å². The van der Waals surface area contributed by atoms with E-state index < -0.39 is 0 Å². The number of ketones is 1. The first-order valence-corrected chi connectivity index (χ1v) is 8.45. The number of allylic oxidation sites excluding steroid dienone is 1. The molecule has 0 saturated heterocycles. The highest BCUT2D eigenvalue weighted by atomic mass is 16.5. The lowest BCUT2D eigenvalue weighted by molar-refractivity contribution is 0.105. The minimum Gasteiger partial charge on any atom is -0.508 e. The van der Waals surface area contributed by atoms with Crippen molar-refractivity contribution in [3.63, 3.8) is 0 Å². The van der Waals surface area contributed by atoms with E-state index in [1.165, 1.54) is 12.1 Å². The third-order valence-electron chi connectivity index (χ3n) is 4.18. The summed E-state index contributed by atoms with van der Waals surface area (Å²) < 4.78 is 10.6. The van der Waals surface area contributed by atoms with Crippen LogP contribution in [0.5, 0.6) is 17.2 Å². The maximum Gasteiger partial charge on any atom is 0.193 e. The summed E-state index contributed by atoms with van der Waals surface area (Å²) in [6, 6.07) is 21.2. The van der Waals surface area contributed by atoms with E-state index in [1.54, 1.807) is 32.4 Å². The molecule has 0 spiro atoms. The van der Waals surface area contributed by atoms with Gasteiger partial charge in [-0.15, -0.1) is 0 Å². The lowest BCUT2D eigenvalue weighted by Crippen LogP contribution is -2.03. The van der Waals surface area contributed by atoms with Gasteiger partial charge in [0.05, 0.1) is 14.2 Å². The summed E-state index contributed by atoms with van der Waals surface area (Å²) in [5.74, 6) is 1.21. The van der Waals surface area contributed by atoms with Gasteiger partial charge >= 0.3 is 0 Å². The van der Waals surface area contributed by atoms with Crippen molar-refractivity contribution < 1.29 is 19.4 Å². The first kappa shape index (κ1) is 18.3. The fourth-order valence-electron chi connectivity index (χ4n) is 2.78. The lowest BCUT2D eigenvalue weighted by atomic mass is 9.94. The van der Waals surface area contributed by atoms with Crippen LogP contribution in [-0.4, -0.2) is 25.1 Å². The summed E-state index contributed by atoms with van der Waals surface area (Å²) >= 11 is 0. The summed E-state index contributed by atoms with van der Waals surface area (Å²) in [5, 5.41) is 9.48. The Balaban J connectivity index is 2.09. The quantitative estimate of drug-likeness (QED) is 0.388. The summed E-state index contributed by atoms with van der Waals surface area (Å²) in [6.07, 6.45) is 1.83. The Kier molecular flexibility index (Phi) is 5.57. The smallest absolute Gasteiger partial charge is 0.193 e. The largest absolute Gasteiger partial charge is 0.508 e. The second-order valence-electron chi connectivity index (χ2n) is 5.91. The number of phenolic OH excluding ortho intramolecular Hbond substituents is 1. The minimum absolute atomic E-state index is 0.122. The molecule has 0 fully saturated rings. The summed E-state index contributed by atoms with van der Waals surface area (Å²) in [6.45, 7) is 0. The molecule has 136 valence electrons. The van der Waals surface area contributed by atoms with Crippen molar-refractivity contribution in [3.8, 4) is 17.2 Å². The van der Waals surface area contributed by atoms with Crippen LogP contribution < -0.4 is 9.47 Å². The highest BCUT2D eigenvalue weighted by Crippen LogP contribution is 2.30. The van der Waals surface area contributed by atoms with E-state index >= 15 is 0 Å². The molecule has 0 aliphatic rings. The van der Waals surface area contributed by atoms with Crippen LogP contribution in [0, 0.1) is 0 Å². The van der Waals surface area contributed by atoms with E-state index in [0.717, 1.165) is 11.1 Å². The van der Waals surface area contributed by atoms with Crippen LogP contribution in [0.25, 0.3) is 11.6 Å². The number of methoxy groups -OCH3 is 2. The zero-order chi connectivity index (χ0) is 19.2. The summed E-state index contributed by atoms with van der Waals surface area (Å²) in [5.41, 5.74) is 2.68. The Morgan fingerprint density at radius 1 is 0.815 bits per heavy atom. The average molecular weight is 360 g/mol. The van der Waals surface area contributed by atoms with Crippen molar-refractivity contribution in [2.24, 2.45) is 0 Å². The molecular weight excluding hydrogens is 340 g/mol. The van der Waals surface area contributed by atoms with Crippen LogP contribution in [-0.2, 0) is 0 Å². The van der Waals surface area contributed by atoms with E-state index in [1.807, 2.05) is 48.5 Å². The van der Waals surface area contributed by atoms with Crippen LogP contribution in [0.2, 0.25) is 0 Å². The van der Waals surface area contributed by atoms with Crippen molar-refractivity contribution in [3.05, 3.63) is 89.5 Å². The maximum atomic E-state index is 13.1. The van der Waals surface area contributed by atoms with Crippen LogP contribution in [0.1, 0.15) is 21.5 Å². The molecule has 0 amide bonds. The molecule has 0 radical (unpaired) electrons. The molecule has 0 unspecified atom stereocenters. The first-order valence-electron chi connectivity index (χ1n) is 8.45. The van der Waals surface area contributed by atoms with E-state index in [-0.39, 0.29) is 11.5 Å². The molecule has 0 aliphatic carbocycles. The SMILES string of the molecule is COc1ccc(C=C(C(=O)c2ccc(O)cc2)c2ccccc2)cc1OC. The normalized spacial score (nSPS) is 11.1. The standard InChI is InChI=1S/C23H20O4/c1-26-21-13-8-16(15-22(21)27-2)14-20(17-6-4-3-5-7-17)23(25)18-9-11-19(24)12-10-18/h3-15,24H,1-2H3. The fraction of sp³-hybridized carbons (Fsp3) is 0.0870. The number of carbonyl (C=O) groups is 1. The van der Waals surface area contributed by atoms with Gasteiger partial charge in [0.1, 0.15) is 5.75 Å². The lowest BCUT2D eigenvalue weighted by Gasteiger charge is -2.10. The first-order chi connectivity index (χ1) is 13.1. The van der Waals surface area contributed by atoms with E-state index in [9.17, 15) is 9.90 Å². The van der Waals surface area contributed by atoms with Crippen molar-refractivity contribution in [1.29, 1.82) is 0 Å². The Morgan fingerprint density at radius 2 is 1.48 bits per heavy atom. The van der Waals surface area contributed by atoms with Gasteiger partial charge in [-0.3, -0.25) is 4.79 Å². The van der Waals surface area contributed by atoms with Gasteiger partial charge in [0.15, 0.2) is 17.3 Å². The van der Waals surface area contributed by atoms with E-state index in [2.05, 4.69) is 0 Å². The van der Waals surface area contributed by atoms with Gasteiger partial charge in [-0.05, 0) is 53.6 Å². The number of hydrogen-bond donors (Lipinski definition) is 1. The van der Waals surface area contributed by atoms with Crippen LogP contribution in [0.15, 0.2) is 72.8 Å². The number of benzene rings is 3. The topological polar surface area (TPSA) is 55.8 Å². The minimum atomic E-state index is -0.129. The molecule has 4 nitrogen and oxygen atoms in total. The fourth-order valence-corrected chi connectivity index (χ4v) is 2.78. The number of rotatable bonds is 6. The molecule has 0 atom stereocenters. The molecule has 3 aromatic carbocycles. The van der Waals surface area contributed by atoms with Crippen molar-refractivity contribution in [2.75, 3.05) is 14.2 Å². The predicted molar refractivity (Wildman–Crippen MR) is 106 cm³/mol. The number of aromatic hydroxyl groups is 1. The Bertz CT molecular complexity index is 957. The monoisotopic (exact) mass is 360 g/mol. The molecule has 4 heteroatoms. The van der Waals surface area contributed by atoms with Crippen molar-refractivity contribution >= 4 is 17.4 Å². The second-order valence-corrected chi connectivity index (χ2v) is 5.91. The maximum absolute atomic E-state index is 13.1. The molecule has 0 aliphatic heterocycles. The van der Waals surface area contributed by atoms with Crippen LogP contribution in [0.3, 0.4) is 0 Å². The summed E-state index contributed by atoms with van der Waals surface area (Å²) in [7, 11) is 3.15. The van der Waals surface area contributed by atoms with Gasteiger partial charge in [0.2, 0.25) is 0 Å². The molecule has 27 heavy (non-hydrogen) atoms. The van der Waals surface area contributed by atoms with Gasteiger partial charge in [-0.1, -0.05) is 36.4 Å². The molecule has 0 saturated carbocycles. The molecule has 0 heterocycles. The van der Waals surface area contributed by atoms with Crippen molar-refractivity contribution in [1.82, 2.24) is 0 Å². The highest BCUT2D eigenvalue weighted by Gasteiger charge is 2.15. The Hall–Kier alpha value is -3.53. The molecule has 1 N–H and O–H groups in total. The third-order valence-corrected chi connectivity index (χ3v) is 4.18. The zero-order valence-corrected chi connectivity index (χ0v) is 15.2. The molecule has 3 rings (SSSR count). The van der Waals surface area contributed by atoms with Gasteiger partial charge in [-0.25, -0.2) is 0 Å². The molecule has 0 aromatic heterocycles. The van der Waals surface area contributed by atoms with E-state index in [0.29, 0.717) is 22.6 Å². The van der Waals surface area contributed by atoms with Crippen LogP contribution in [0.4, 0.5) is 0 Å². The number of carbonyl (C=O) groups excluding carboxylic acids is 1.